The molecule has 0 bridgehead atoms. The van der Waals surface area contributed by atoms with Crippen molar-refractivity contribution in [1.29, 1.82) is 0 Å². The lowest BCUT2D eigenvalue weighted by atomic mass is 9.73. The van der Waals surface area contributed by atoms with Crippen LogP contribution in [0.5, 0.6) is 0 Å². The van der Waals surface area contributed by atoms with Gasteiger partial charge in [0.15, 0.2) is 0 Å². The molecule has 0 aromatic rings. The molecule has 0 saturated heterocycles. The summed E-state index contributed by atoms with van der Waals surface area (Å²) in [4.78, 5) is 13.0. The van der Waals surface area contributed by atoms with E-state index in [4.69, 9.17) is 0 Å². The summed E-state index contributed by atoms with van der Waals surface area (Å²) in [6, 6.07) is 0. The second kappa shape index (κ2) is 3.24. The molecule has 0 spiro atoms. The molecular formula is C9H17NO. The Morgan fingerprint density at radius 1 is 1.45 bits per heavy atom. The van der Waals surface area contributed by atoms with Crippen LogP contribution in [0, 0.1) is 11.8 Å². The minimum Gasteiger partial charge on any atom is -0.349 e. The predicted octanol–water partition coefficient (Wildman–Crippen LogP) is 1.51. The van der Waals surface area contributed by atoms with Gasteiger partial charge in [-0.15, -0.1) is 0 Å². The molecule has 0 atom stereocenters. The lowest BCUT2D eigenvalue weighted by Gasteiger charge is -2.35. The number of carbonyl (C=O) groups is 1. The second-order valence-corrected chi connectivity index (χ2v) is 3.68. The van der Waals surface area contributed by atoms with E-state index in [0.717, 1.165) is 18.8 Å². The van der Waals surface area contributed by atoms with Crippen LogP contribution < -0.4 is 0 Å². The van der Waals surface area contributed by atoms with Gasteiger partial charge in [0.25, 0.3) is 0 Å². The Kier molecular flexibility index (Phi) is 2.53. The summed E-state index contributed by atoms with van der Waals surface area (Å²) in [5, 5.41) is 0. The second-order valence-electron chi connectivity index (χ2n) is 3.68. The largest absolute Gasteiger partial charge is 0.349 e. The van der Waals surface area contributed by atoms with Crippen molar-refractivity contribution < 1.29 is 4.79 Å². The Morgan fingerprint density at radius 2 is 2.00 bits per heavy atom. The third-order valence-electron chi connectivity index (χ3n) is 2.60. The van der Waals surface area contributed by atoms with Crippen molar-refractivity contribution in [1.82, 2.24) is 4.90 Å². The van der Waals surface area contributed by atoms with Crippen molar-refractivity contribution in [3.05, 3.63) is 0 Å². The van der Waals surface area contributed by atoms with Crippen LogP contribution in [0.2, 0.25) is 0 Å². The van der Waals surface area contributed by atoms with E-state index in [2.05, 4.69) is 6.92 Å². The Bertz CT molecular complexity index is 148. The van der Waals surface area contributed by atoms with E-state index >= 15 is 0 Å². The van der Waals surface area contributed by atoms with Crippen molar-refractivity contribution in [2.45, 2.75) is 26.2 Å². The lowest BCUT2D eigenvalue weighted by molar-refractivity contribution is -0.137. The highest BCUT2D eigenvalue weighted by Gasteiger charge is 2.33. The number of hydrogen-bond acceptors (Lipinski definition) is 1. The molecule has 0 aromatic carbocycles. The molecule has 2 nitrogen and oxygen atoms in total. The predicted molar refractivity (Wildman–Crippen MR) is 45.2 cm³/mol. The minimum absolute atomic E-state index is 0.315. The van der Waals surface area contributed by atoms with Crippen molar-refractivity contribution in [2.75, 3.05) is 14.1 Å². The zero-order valence-electron chi connectivity index (χ0n) is 7.63. The van der Waals surface area contributed by atoms with Crippen molar-refractivity contribution >= 4 is 5.91 Å². The van der Waals surface area contributed by atoms with Crippen LogP contribution in [-0.2, 0) is 4.79 Å². The molecule has 11 heavy (non-hydrogen) atoms. The first-order chi connectivity index (χ1) is 5.15. The maximum Gasteiger partial charge on any atom is 0.225 e. The van der Waals surface area contributed by atoms with Crippen LogP contribution >= 0.6 is 0 Å². The summed E-state index contributed by atoms with van der Waals surface area (Å²) in [5.41, 5.74) is 0. The van der Waals surface area contributed by atoms with Gasteiger partial charge in [0, 0.05) is 20.0 Å². The van der Waals surface area contributed by atoms with E-state index in [1.54, 1.807) is 4.90 Å². The molecule has 1 fully saturated rings. The highest BCUT2D eigenvalue weighted by molar-refractivity contribution is 5.79. The number of amides is 1. The van der Waals surface area contributed by atoms with Crippen LogP contribution in [0.3, 0.4) is 0 Å². The average Bonchev–Trinajstić information content (AvgIpc) is 1.85. The molecule has 0 aliphatic heterocycles. The van der Waals surface area contributed by atoms with Crippen molar-refractivity contribution in [3.63, 3.8) is 0 Å². The fourth-order valence-electron chi connectivity index (χ4n) is 1.64. The van der Waals surface area contributed by atoms with Crippen LogP contribution in [0.1, 0.15) is 26.2 Å². The number of carbonyl (C=O) groups excluding carboxylic acids is 1. The third kappa shape index (κ3) is 1.73. The molecule has 0 radical (unpaired) electrons. The van der Waals surface area contributed by atoms with Gasteiger partial charge < -0.3 is 4.90 Å². The highest BCUT2D eigenvalue weighted by atomic mass is 16.2. The zero-order valence-corrected chi connectivity index (χ0v) is 7.63. The van der Waals surface area contributed by atoms with Gasteiger partial charge in [-0.3, -0.25) is 4.79 Å². The topological polar surface area (TPSA) is 20.3 Å². The van der Waals surface area contributed by atoms with Crippen LogP contribution in [0.15, 0.2) is 0 Å². The number of rotatable bonds is 2. The molecule has 1 aliphatic rings. The highest BCUT2D eigenvalue weighted by Crippen LogP contribution is 2.36. The monoisotopic (exact) mass is 155 g/mol. The quantitative estimate of drug-likeness (QED) is 0.592. The fourth-order valence-corrected chi connectivity index (χ4v) is 1.64. The van der Waals surface area contributed by atoms with Gasteiger partial charge in [-0.25, -0.2) is 0 Å². The van der Waals surface area contributed by atoms with Gasteiger partial charge in [0.05, 0.1) is 0 Å². The first-order valence-corrected chi connectivity index (χ1v) is 4.36. The molecule has 1 amide bonds. The van der Waals surface area contributed by atoms with E-state index < -0.39 is 0 Å². The summed E-state index contributed by atoms with van der Waals surface area (Å²) in [6.45, 7) is 2.20. The molecule has 1 aliphatic carbocycles. The van der Waals surface area contributed by atoms with E-state index in [1.165, 1.54) is 6.42 Å². The van der Waals surface area contributed by atoms with Gasteiger partial charge >= 0.3 is 0 Å². The normalized spacial score (nSPS) is 29.4. The molecule has 64 valence electrons. The van der Waals surface area contributed by atoms with Crippen LogP contribution in [0.4, 0.5) is 0 Å². The Balaban J connectivity index is 2.27. The summed E-state index contributed by atoms with van der Waals surface area (Å²) in [5.74, 6) is 1.48. The fraction of sp³-hybridized carbons (Fsp3) is 0.889. The molecular weight excluding hydrogens is 138 g/mol. The van der Waals surface area contributed by atoms with Gasteiger partial charge in [-0.05, 0) is 18.8 Å². The molecule has 0 heterocycles. The van der Waals surface area contributed by atoms with Gasteiger partial charge in [-0.2, -0.15) is 0 Å². The smallest absolute Gasteiger partial charge is 0.225 e. The maximum absolute atomic E-state index is 11.3. The summed E-state index contributed by atoms with van der Waals surface area (Å²) in [7, 11) is 3.67. The van der Waals surface area contributed by atoms with Crippen LogP contribution in [0.25, 0.3) is 0 Å². The van der Waals surface area contributed by atoms with Crippen LogP contribution in [-0.4, -0.2) is 24.9 Å². The van der Waals surface area contributed by atoms with Crippen molar-refractivity contribution in [3.8, 4) is 0 Å². The third-order valence-corrected chi connectivity index (χ3v) is 2.60. The molecule has 0 aromatic heterocycles. The average molecular weight is 155 g/mol. The first kappa shape index (κ1) is 8.57. The van der Waals surface area contributed by atoms with Gasteiger partial charge in [-0.1, -0.05) is 13.3 Å². The van der Waals surface area contributed by atoms with Crippen molar-refractivity contribution in [2.24, 2.45) is 11.8 Å². The van der Waals surface area contributed by atoms with E-state index in [1.807, 2.05) is 14.1 Å². The lowest BCUT2D eigenvalue weighted by Crippen LogP contribution is -2.37. The Labute approximate surface area is 68.6 Å². The van der Waals surface area contributed by atoms with Gasteiger partial charge in [0.1, 0.15) is 0 Å². The molecule has 1 saturated carbocycles. The van der Waals surface area contributed by atoms with E-state index in [0.29, 0.717) is 11.8 Å². The molecule has 2 heteroatoms. The summed E-state index contributed by atoms with van der Waals surface area (Å²) >= 11 is 0. The Hall–Kier alpha value is -0.530. The standard InChI is InChI=1S/C9H17NO/c1-4-7-5-8(6-7)9(11)10(2)3/h7-8H,4-6H2,1-3H3. The first-order valence-electron chi connectivity index (χ1n) is 4.36. The molecule has 0 unspecified atom stereocenters. The van der Waals surface area contributed by atoms with E-state index in [9.17, 15) is 4.79 Å². The summed E-state index contributed by atoms with van der Waals surface area (Å²) in [6.07, 6.45) is 3.47. The molecule has 0 N–H and O–H groups in total. The summed E-state index contributed by atoms with van der Waals surface area (Å²) < 4.78 is 0. The zero-order chi connectivity index (χ0) is 8.43. The van der Waals surface area contributed by atoms with Gasteiger partial charge in [0.2, 0.25) is 5.91 Å². The Morgan fingerprint density at radius 3 is 2.36 bits per heavy atom. The molecule has 1 rings (SSSR count). The van der Waals surface area contributed by atoms with E-state index in [-0.39, 0.29) is 0 Å². The number of nitrogens with zero attached hydrogens (tertiary/aromatic N) is 1. The maximum atomic E-state index is 11.3. The number of hydrogen-bond donors (Lipinski definition) is 0. The SMILES string of the molecule is CCC1CC(C(=O)N(C)C)C1. The minimum atomic E-state index is 0.315.